The molecular weight excluding hydrogens is 397 g/mol. The van der Waals surface area contributed by atoms with Crippen molar-refractivity contribution < 1.29 is 8.81 Å². The number of nitrogens with zero attached hydrogens (tertiary/aromatic N) is 1. The first-order valence-corrected chi connectivity index (χ1v) is 11.4. The Morgan fingerprint density at radius 3 is 2.50 bits per heavy atom. The highest BCUT2D eigenvalue weighted by molar-refractivity contribution is 6.15. The maximum Gasteiger partial charge on any atom is 0.144 e. The van der Waals surface area contributed by atoms with Gasteiger partial charge in [0.25, 0.3) is 0 Å². The molecule has 5 aromatic rings. The van der Waals surface area contributed by atoms with Crippen LogP contribution in [0.1, 0.15) is 31.2 Å². The van der Waals surface area contributed by atoms with Gasteiger partial charge >= 0.3 is 0 Å². The third kappa shape index (κ3) is 3.38. The van der Waals surface area contributed by atoms with Crippen LogP contribution in [-0.2, 0) is 6.42 Å². The van der Waals surface area contributed by atoms with Crippen LogP contribution in [0, 0.1) is 11.7 Å². The second-order valence-electron chi connectivity index (χ2n) is 8.87. The lowest BCUT2D eigenvalue weighted by atomic mass is 9.96. The summed E-state index contributed by atoms with van der Waals surface area (Å²) in [5.74, 6) is 0.564. The Labute approximate surface area is 186 Å². The van der Waals surface area contributed by atoms with E-state index in [0.29, 0.717) is 0 Å². The summed E-state index contributed by atoms with van der Waals surface area (Å²) in [6, 6.07) is 23.3. The zero-order chi connectivity index (χ0) is 21.5. The normalized spacial score (nSPS) is 14.5. The standard InChI is InChI=1S/C29H24FNO/c30-22-13-11-21(12-14-22)23-7-4-10-27-28(23)25-9-3-8-24(29(25)32-27)26-18-20(15-16-31-26)17-19-5-1-2-6-19/h3-4,7-16,18-19H,1-2,5-6,17H2. The molecule has 0 unspecified atom stereocenters. The molecule has 2 aromatic heterocycles. The van der Waals surface area contributed by atoms with Crippen molar-refractivity contribution in [3.8, 4) is 22.4 Å². The summed E-state index contributed by atoms with van der Waals surface area (Å²) < 4.78 is 19.9. The van der Waals surface area contributed by atoms with E-state index in [1.165, 1.54) is 43.4 Å². The van der Waals surface area contributed by atoms with Gasteiger partial charge in [0, 0.05) is 22.5 Å². The molecule has 0 saturated heterocycles. The molecule has 0 radical (unpaired) electrons. The highest BCUT2D eigenvalue weighted by Gasteiger charge is 2.18. The lowest BCUT2D eigenvalue weighted by Gasteiger charge is -2.10. The van der Waals surface area contributed by atoms with Crippen molar-refractivity contribution in [2.45, 2.75) is 32.1 Å². The van der Waals surface area contributed by atoms with Crippen molar-refractivity contribution in [3.63, 3.8) is 0 Å². The molecule has 0 bridgehead atoms. The lowest BCUT2D eigenvalue weighted by molar-refractivity contribution is 0.546. The van der Waals surface area contributed by atoms with Crippen LogP contribution in [0.2, 0.25) is 0 Å². The first-order chi connectivity index (χ1) is 15.8. The SMILES string of the molecule is Fc1ccc(-c2cccc3oc4c(-c5cc(CC6CCCC6)ccn5)cccc4c23)cc1. The lowest BCUT2D eigenvalue weighted by Crippen LogP contribution is -1.99. The van der Waals surface area contributed by atoms with Crippen molar-refractivity contribution in [2.24, 2.45) is 5.92 Å². The molecule has 158 valence electrons. The topological polar surface area (TPSA) is 26.0 Å². The average molecular weight is 422 g/mol. The first kappa shape index (κ1) is 19.2. The predicted octanol–water partition coefficient (Wildman–Crippen LogP) is 8.19. The summed E-state index contributed by atoms with van der Waals surface area (Å²) in [5, 5.41) is 2.11. The summed E-state index contributed by atoms with van der Waals surface area (Å²) in [6.07, 6.45) is 8.44. The van der Waals surface area contributed by atoms with Crippen molar-refractivity contribution in [3.05, 3.63) is 90.4 Å². The fourth-order valence-electron chi connectivity index (χ4n) is 5.22. The molecule has 1 aliphatic carbocycles. The Bertz CT molecular complexity index is 1410. The molecule has 6 rings (SSSR count). The second-order valence-corrected chi connectivity index (χ2v) is 8.87. The number of hydrogen-bond donors (Lipinski definition) is 0. The Morgan fingerprint density at radius 2 is 1.66 bits per heavy atom. The molecule has 2 heterocycles. The maximum atomic E-state index is 13.5. The number of pyridine rings is 1. The molecule has 1 saturated carbocycles. The third-order valence-electron chi connectivity index (χ3n) is 6.78. The van der Waals surface area contributed by atoms with E-state index in [4.69, 9.17) is 9.40 Å². The summed E-state index contributed by atoms with van der Waals surface area (Å²) in [4.78, 5) is 4.69. The largest absolute Gasteiger partial charge is 0.455 e. The highest BCUT2D eigenvalue weighted by atomic mass is 19.1. The van der Waals surface area contributed by atoms with E-state index in [1.54, 1.807) is 0 Å². The van der Waals surface area contributed by atoms with E-state index in [0.717, 1.165) is 56.7 Å². The van der Waals surface area contributed by atoms with Gasteiger partial charge in [-0.15, -0.1) is 0 Å². The van der Waals surface area contributed by atoms with Gasteiger partial charge < -0.3 is 4.42 Å². The van der Waals surface area contributed by atoms with E-state index in [9.17, 15) is 4.39 Å². The van der Waals surface area contributed by atoms with Gasteiger partial charge in [0.2, 0.25) is 0 Å². The van der Waals surface area contributed by atoms with Crippen LogP contribution in [-0.4, -0.2) is 4.98 Å². The predicted molar refractivity (Wildman–Crippen MR) is 128 cm³/mol. The van der Waals surface area contributed by atoms with Gasteiger partial charge in [-0.05, 0) is 65.4 Å². The first-order valence-electron chi connectivity index (χ1n) is 11.4. The number of halogens is 1. The van der Waals surface area contributed by atoms with E-state index in [-0.39, 0.29) is 5.82 Å². The number of benzene rings is 3. The molecule has 1 fully saturated rings. The van der Waals surface area contributed by atoms with E-state index in [1.807, 2.05) is 30.5 Å². The van der Waals surface area contributed by atoms with Crippen LogP contribution in [0.3, 0.4) is 0 Å². The van der Waals surface area contributed by atoms with Crippen LogP contribution < -0.4 is 0 Å². The van der Waals surface area contributed by atoms with E-state index in [2.05, 4.69) is 36.4 Å². The molecule has 32 heavy (non-hydrogen) atoms. The van der Waals surface area contributed by atoms with Crippen molar-refractivity contribution in [2.75, 3.05) is 0 Å². The van der Waals surface area contributed by atoms with Gasteiger partial charge in [-0.3, -0.25) is 4.98 Å². The summed E-state index contributed by atoms with van der Waals surface area (Å²) in [5.41, 5.74) is 7.01. The Morgan fingerprint density at radius 1 is 0.875 bits per heavy atom. The van der Waals surface area contributed by atoms with Crippen molar-refractivity contribution in [1.82, 2.24) is 4.98 Å². The fourth-order valence-corrected chi connectivity index (χ4v) is 5.22. The molecule has 0 atom stereocenters. The Kier molecular flexibility index (Phi) is 4.75. The van der Waals surface area contributed by atoms with Crippen LogP contribution in [0.4, 0.5) is 4.39 Å². The molecule has 0 aliphatic heterocycles. The number of aromatic nitrogens is 1. The minimum atomic E-state index is -0.233. The molecule has 0 spiro atoms. The zero-order valence-corrected chi connectivity index (χ0v) is 17.9. The summed E-state index contributed by atoms with van der Waals surface area (Å²) in [6.45, 7) is 0. The van der Waals surface area contributed by atoms with Gasteiger partial charge in [0.05, 0.1) is 5.69 Å². The number of rotatable bonds is 4. The Hall–Kier alpha value is -3.46. The quantitative estimate of drug-likeness (QED) is 0.292. The zero-order valence-electron chi connectivity index (χ0n) is 17.9. The summed E-state index contributed by atoms with van der Waals surface area (Å²) >= 11 is 0. The van der Waals surface area contributed by atoms with Gasteiger partial charge in [-0.2, -0.15) is 0 Å². The number of furan rings is 1. The third-order valence-corrected chi connectivity index (χ3v) is 6.78. The van der Waals surface area contributed by atoms with Crippen molar-refractivity contribution >= 4 is 21.9 Å². The monoisotopic (exact) mass is 421 g/mol. The van der Waals surface area contributed by atoms with Crippen LogP contribution in [0.5, 0.6) is 0 Å². The smallest absolute Gasteiger partial charge is 0.144 e. The molecule has 1 aliphatic rings. The van der Waals surface area contributed by atoms with Gasteiger partial charge in [0.15, 0.2) is 0 Å². The van der Waals surface area contributed by atoms with Crippen LogP contribution >= 0.6 is 0 Å². The summed E-state index contributed by atoms with van der Waals surface area (Å²) in [7, 11) is 0. The number of fused-ring (bicyclic) bond motifs is 3. The molecule has 3 heteroatoms. The molecule has 3 aromatic carbocycles. The fraction of sp³-hybridized carbons (Fsp3) is 0.207. The maximum absolute atomic E-state index is 13.5. The molecule has 0 amide bonds. The number of hydrogen-bond acceptors (Lipinski definition) is 2. The average Bonchev–Trinajstić information content (AvgIpc) is 3.47. The van der Waals surface area contributed by atoms with E-state index < -0.39 is 0 Å². The minimum Gasteiger partial charge on any atom is -0.455 e. The van der Waals surface area contributed by atoms with Crippen LogP contribution in [0.15, 0.2) is 83.4 Å². The van der Waals surface area contributed by atoms with Crippen LogP contribution in [0.25, 0.3) is 44.3 Å². The van der Waals surface area contributed by atoms with Gasteiger partial charge in [-0.25, -0.2) is 4.39 Å². The Balaban J connectivity index is 1.49. The molecule has 2 nitrogen and oxygen atoms in total. The highest BCUT2D eigenvalue weighted by Crippen LogP contribution is 2.40. The second kappa shape index (κ2) is 7.90. The van der Waals surface area contributed by atoms with Gasteiger partial charge in [0.1, 0.15) is 17.0 Å². The molecule has 0 N–H and O–H groups in total. The van der Waals surface area contributed by atoms with Crippen molar-refractivity contribution in [1.29, 1.82) is 0 Å². The van der Waals surface area contributed by atoms with Gasteiger partial charge in [-0.1, -0.05) is 62.1 Å². The van der Waals surface area contributed by atoms with E-state index >= 15 is 0 Å². The molecular formula is C29H24FNO. The number of para-hydroxylation sites is 1. The minimum absolute atomic E-state index is 0.233.